The van der Waals surface area contributed by atoms with Crippen molar-refractivity contribution in [1.29, 1.82) is 0 Å². The van der Waals surface area contributed by atoms with Crippen molar-refractivity contribution < 1.29 is 23.4 Å². The third-order valence-electron chi connectivity index (χ3n) is 6.54. The van der Waals surface area contributed by atoms with E-state index in [1.54, 1.807) is 30.2 Å². The van der Waals surface area contributed by atoms with E-state index in [9.17, 15) is 4.79 Å². The lowest BCUT2D eigenvalue weighted by Crippen LogP contribution is -2.44. The Labute approximate surface area is 209 Å². The molecule has 3 heterocycles. The van der Waals surface area contributed by atoms with Crippen LogP contribution in [0, 0.1) is 5.82 Å². The largest absolute Gasteiger partial charge is 0.497 e. The summed E-state index contributed by atoms with van der Waals surface area (Å²) in [6.07, 6.45) is 2.89. The second kappa shape index (κ2) is 11.0. The zero-order chi connectivity index (χ0) is 24.9. The number of nitrogens with zero attached hydrogens (tertiary/aromatic N) is 4. The van der Waals surface area contributed by atoms with E-state index in [0.29, 0.717) is 69.7 Å². The Morgan fingerprint density at radius 2 is 1.81 bits per heavy atom. The number of carbonyl (C=O) groups is 1. The van der Waals surface area contributed by atoms with Crippen LogP contribution in [0.15, 0.2) is 54.7 Å². The van der Waals surface area contributed by atoms with E-state index in [4.69, 9.17) is 19.2 Å². The SMILES string of the molecule is COc1cccc(N(C(=O)c2cnc(N3CCOCC3)nc2-c2ccccc2F)C2CCOCC2)c1. The molecule has 188 valence electrons. The molecule has 0 N–H and O–H groups in total. The fourth-order valence-corrected chi connectivity index (χ4v) is 4.63. The van der Waals surface area contributed by atoms with Gasteiger partial charge in [0.2, 0.25) is 5.95 Å². The van der Waals surface area contributed by atoms with Gasteiger partial charge in [0.1, 0.15) is 11.6 Å². The maximum absolute atomic E-state index is 15.0. The second-order valence-corrected chi connectivity index (χ2v) is 8.73. The van der Waals surface area contributed by atoms with E-state index in [1.165, 1.54) is 12.3 Å². The molecule has 9 heteroatoms. The minimum Gasteiger partial charge on any atom is -0.497 e. The first-order chi connectivity index (χ1) is 17.7. The van der Waals surface area contributed by atoms with Gasteiger partial charge in [-0.1, -0.05) is 18.2 Å². The summed E-state index contributed by atoms with van der Waals surface area (Å²) in [6.45, 7) is 3.50. The van der Waals surface area contributed by atoms with Crippen LogP contribution in [-0.4, -0.2) is 68.5 Å². The van der Waals surface area contributed by atoms with Gasteiger partial charge in [-0.15, -0.1) is 0 Å². The first-order valence-corrected chi connectivity index (χ1v) is 12.2. The van der Waals surface area contributed by atoms with Gasteiger partial charge in [-0.05, 0) is 37.1 Å². The highest BCUT2D eigenvalue weighted by molar-refractivity contribution is 6.10. The number of methoxy groups -OCH3 is 1. The van der Waals surface area contributed by atoms with Gasteiger partial charge in [0, 0.05) is 55.9 Å². The van der Waals surface area contributed by atoms with Crippen LogP contribution < -0.4 is 14.5 Å². The van der Waals surface area contributed by atoms with E-state index < -0.39 is 5.82 Å². The molecular weight excluding hydrogens is 463 g/mol. The number of morpholine rings is 1. The molecule has 36 heavy (non-hydrogen) atoms. The number of hydrogen-bond acceptors (Lipinski definition) is 7. The lowest BCUT2D eigenvalue weighted by atomic mass is 10.0. The molecule has 2 aliphatic rings. The number of anilines is 2. The molecule has 5 rings (SSSR count). The number of rotatable bonds is 6. The van der Waals surface area contributed by atoms with Crippen molar-refractivity contribution in [1.82, 2.24) is 9.97 Å². The Morgan fingerprint density at radius 1 is 1.06 bits per heavy atom. The van der Waals surface area contributed by atoms with Gasteiger partial charge in [0.15, 0.2) is 0 Å². The summed E-state index contributed by atoms with van der Waals surface area (Å²) in [4.78, 5) is 27.2. The van der Waals surface area contributed by atoms with Gasteiger partial charge in [0.05, 0.1) is 31.6 Å². The quantitative estimate of drug-likeness (QED) is 0.516. The topological polar surface area (TPSA) is 77.0 Å². The fraction of sp³-hybridized carbons (Fsp3) is 0.370. The molecule has 0 aliphatic carbocycles. The summed E-state index contributed by atoms with van der Waals surface area (Å²) in [5.74, 6) is 0.358. The molecule has 0 bridgehead atoms. The molecule has 2 aliphatic heterocycles. The molecule has 2 aromatic carbocycles. The van der Waals surface area contributed by atoms with Crippen molar-refractivity contribution in [2.24, 2.45) is 0 Å². The van der Waals surface area contributed by atoms with Crippen LogP contribution in [0.1, 0.15) is 23.2 Å². The van der Waals surface area contributed by atoms with Crippen molar-refractivity contribution in [3.8, 4) is 17.0 Å². The summed E-state index contributed by atoms with van der Waals surface area (Å²) in [6, 6.07) is 13.7. The van der Waals surface area contributed by atoms with Crippen LogP contribution in [0.2, 0.25) is 0 Å². The van der Waals surface area contributed by atoms with Crippen molar-refractivity contribution in [2.45, 2.75) is 18.9 Å². The van der Waals surface area contributed by atoms with Gasteiger partial charge >= 0.3 is 0 Å². The maximum atomic E-state index is 15.0. The van der Waals surface area contributed by atoms with Crippen molar-refractivity contribution in [3.05, 3.63) is 66.1 Å². The van der Waals surface area contributed by atoms with Crippen molar-refractivity contribution in [3.63, 3.8) is 0 Å². The molecule has 2 fully saturated rings. The molecule has 0 radical (unpaired) electrons. The predicted molar refractivity (Wildman–Crippen MR) is 134 cm³/mol. The molecule has 8 nitrogen and oxygen atoms in total. The Morgan fingerprint density at radius 3 is 2.56 bits per heavy atom. The number of amides is 1. The number of benzene rings is 2. The maximum Gasteiger partial charge on any atom is 0.262 e. The zero-order valence-electron chi connectivity index (χ0n) is 20.2. The van der Waals surface area contributed by atoms with Crippen LogP contribution in [0.25, 0.3) is 11.3 Å². The van der Waals surface area contributed by atoms with E-state index in [1.807, 2.05) is 29.2 Å². The number of halogens is 1. The summed E-state index contributed by atoms with van der Waals surface area (Å²) in [7, 11) is 1.59. The van der Waals surface area contributed by atoms with Gasteiger partial charge < -0.3 is 24.0 Å². The van der Waals surface area contributed by atoms with Crippen LogP contribution in [0.3, 0.4) is 0 Å². The Balaban J connectivity index is 1.61. The molecule has 0 saturated carbocycles. The Kier molecular flexibility index (Phi) is 7.39. The Hall–Kier alpha value is -3.56. The number of carbonyl (C=O) groups excluding carboxylic acids is 1. The van der Waals surface area contributed by atoms with Crippen molar-refractivity contribution in [2.75, 3.05) is 56.4 Å². The smallest absolute Gasteiger partial charge is 0.262 e. The first-order valence-electron chi connectivity index (χ1n) is 12.2. The third kappa shape index (κ3) is 5.03. The molecule has 1 aromatic heterocycles. The van der Waals surface area contributed by atoms with E-state index in [-0.39, 0.29) is 28.8 Å². The number of aromatic nitrogens is 2. The average Bonchev–Trinajstić information content (AvgIpc) is 2.94. The van der Waals surface area contributed by atoms with Crippen LogP contribution in [-0.2, 0) is 9.47 Å². The number of hydrogen-bond donors (Lipinski definition) is 0. The van der Waals surface area contributed by atoms with Crippen molar-refractivity contribution >= 4 is 17.5 Å². The lowest BCUT2D eigenvalue weighted by Gasteiger charge is -2.35. The predicted octanol–water partition coefficient (Wildman–Crippen LogP) is 3.95. The fourth-order valence-electron chi connectivity index (χ4n) is 4.63. The third-order valence-corrected chi connectivity index (χ3v) is 6.54. The summed E-state index contributed by atoms with van der Waals surface area (Å²) in [5, 5.41) is 0. The highest BCUT2D eigenvalue weighted by atomic mass is 19.1. The van der Waals surface area contributed by atoms with E-state index in [0.717, 1.165) is 0 Å². The normalized spacial score (nSPS) is 16.6. The zero-order valence-corrected chi connectivity index (χ0v) is 20.2. The summed E-state index contributed by atoms with van der Waals surface area (Å²) >= 11 is 0. The average molecular weight is 493 g/mol. The minimum atomic E-state index is -0.447. The van der Waals surface area contributed by atoms with E-state index in [2.05, 4.69) is 4.98 Å². The van der Waals surface area contributed by atoms with Crippen LogP contribution in [0.5, 0.6) is 5.75 Å². The second-order valence-electron chi connectivity index (χ2n) is 8.73. The highest BCUT2D eigenvalue weighted by Crippen LogP contribution is 2.32. The summed E-state index contributed by atoms with van der Waals surface area (Å²) < 4.78 is 31.4. The molecule has 3 aromatic rings. The minimum absolute atomic E-state index is 0.0919. The Bertz CT molecular complexity index is 1210. The van der Waals surface area contributed by atoms with Crippen LogP contribution >= 0.6 is 0 Å². The van der Waals surface area contributed by atoms with Gasteiger partial charge in [0.25, 0.3) is 5.91 Å². The summed E-state index contributed by atoms with van der Waals surface area (Å²) in [5.41, 5.74) is 1.47. The van der Waals surface area contributed by atoms with Gasteiger partial charge in [-0.25, -0.2) is 14.4 Å². The molecule has 0 unspecified atom stereocenters. The number of ether oxygens (including phenoxy) is 3. The molecular formula is C27H29FN4O4. The molecule has 0 spiro atoms. The standard InChI is InChI=1S/C27H29FN4O4/c1-34-21-6-4-5-20(17-21)32(19-9-13-35-14-10-19)26(33)23-18-29-27(31-11-15-36-16-12-31)30-25(23)22-7-2-3-8-24(22)28/h2-8,17-19H,9-16H2,1H3. The lowest BCUT2D eigenvalue weighted by molar-refractivity contribution is 0.0772. The molecule has 2 saturated heterocycles. The van der Waals surface area contributed by atoms with E-state index >= 15 is 4.39 Å². The highest BCUT2D eigenvalue weighted by Gasteiger charge is 2.31. The molecule has 0 atom stereocenters. The van der Waals surface area contributed by atoms with Gasteiger partial charge in [-0.2, -0.15) is 0 Å². The monoisotopic (exact) mass is 492 g/mol. The van der Waals surface area contributed by atoms with Gasteiger partial charge in [-0.3, -0.25) is 4.79 Å². The molecule has 1 amide bonds. The first kappa shape index (κ1) is 24.1. The van der Waals surface area contributed by atoms with Crippen LogP contribution in [0.4, 0.5) is 16.0 Å².